The molecule has 4 aromatic rings. The zero-order valence-corrected chi connectivity index (χ0v) is 20.3. The maximum absolute atomic E-state index is 5.49. The number of fused-ring (bicyclic) bond motifs is 1. The second kappa shape index (κ2) is 9.85. The summed E-state index contributed by atoms with van der Waals surface area (Å²) < 4.78 is 7.59. The maximum atomic E-state index is 5.49. The van der Waals surface area contributed by atoms with E-state index in [0.29, 0.717) is 6.04 Å². The standard InChI is InChI=1S/C28H32N6O/c1-20-15-21(18-33-11-13-35-14-12-33)5-6-24(20)25-3-2-4-26-28(25)32-27(17-30-26)22-16-31-34(19-22)23-7-9-29-10-8-23/h2-6,15-17,19,23,29H,7-14,18H2,1H3. The van der Waals surface area contributed by atoms with E-state index < -0.39 is 0 Å². The van der Waals surface area contributed by atoms with Crippen molar-refractivity contribution in [3.63, 3.8) is 0 Å². The molecule has 0 aliphatic carbocycles. The molecule has 0 atom stereocenters. The highest BCUT2D eigenvalue weighted by atomic mass is 16.5. The van der Waals surface area contributed by atoms with E-state index in [1.54, 1.807) is 0 Å². The van der Waals surface area contributed by atoms with E-state index in [1.807, 2.05) is 18.5 Å². The molecule has 6 rings (SSSR count). The van der Waals surface area contributed by atoms with Crippen LogP contribution >= 0.6 is 0 Å². The van der Waals surface area contributed by atoms with Crippen LogP contribution in [0.3, 0.4) is 0 Å². The lowest BCUT2D eigenvalue weighted by atomic mass is 9.97. The van der Waals surface area contributed by atoms with Crippen molar-refractivity contribution >= 4 is 11.0 Å². The largest absolute Gasteiger partial charge is 0.379 e. The van der Waals surface area contributed by atoms with Gasteiger partial charge in [-0.15, -0.1) is 0 Å². The molecule has 0 radical (unpaired) electrons. The van der Waals surface area contributed by atoms with E-state index in [9.17, 15) is 0 Å². The molecule has 35 heavy (non-hydrogen) atoms. The second-order valence-electron chi connectivity index (χ2n) is 9.66. The molecule has 0 bridgehead atoms. The number of ether oxygens (including phenoxy) is 1. The minimum atomic E-state index is 0.451. The van der Waals surface area contributed by atoms with Gasteiger partial charge in [0, 0.05) is 37.0 Å². The average Bonchev–Trinajstić information content (AvgIpc) is 3.40. The third kappa shape index (κ3) is 4.72. The summed E-state index contributed by atoms with van der Waals surface area (Å²) in [5.41, 5.74) is 8.66. The number of hydrogen-bond donors (Lipinski definition) is 1. The van der Waals surface area contributed by atoms with Gasteiger partial charge in [0.15, 0.2) is 0 Å². The number of nitrogens with one attached hydrogen (secondary N) is 1. The lowest BCUT2D eigenvalue weighted by Gasteiger charge is -2.26. The fraction of sp³-hybridized carbons (Fsp3) is 0.393. The quantitative estimate of drug-likeness (QED) is 0.473. The Morgan fingerprint density at radius 2 is 1.89 bits per heavy atom. The zero-order chi connectivity index (χ0) is 23.6. The number of para-hydroxylation sites is 1. The summed E-state index contributed by atoms with van der Waals surface area (Å²) >= 11 is 0. The molecule has 0 saturated carbocycles. The van der Waals surface area contributed by atoms with E-state index >= 15 is 0 Å². The molecule has 1 N–H and O–H groups in total. The van der Waals surface area contributed by atoms with Crippen LogP contribution in [0.4, 0.5) is 0 Å². The topological polar surface area (TPSA) is 68.1 Å². The minimum Gasteiger partial charge on any atom is -0.379 e. The second-order valence-corrected chi connectivity index (χ2v) is 9.66. The van der Waals surface area contributed by atoms with Gasteiger partial charge in [-0.2, -0.15) is 5.10 Å². The summed E-state index contributed by atoms with van der Waals surface area (Å²) in [5, 5.41) is 8.08. The van der Waals surface area contributed by atoms with Crippen molar-refractivity contribution in [2.75, 3.05) is 39.4 Å². The van der Waals surface area contributed by atoms with Gasteiger partial charge >= 0.3 is 0 Å². The predicted molar refractivity (Wildman–Crippen MR) is 138 cm³/mol. The first kappa shape index (κ1) is 22.3. The van der Waals surface area contributed by atoms with Crippen LogP contribution in [0.25, 0.3) is 33.4 Å². The highest BCUT2D eigenvalue weighted by molar-refractivity contribution is 5.93. The summed E-state index contributed by atoms with van der Waals surface area (Å²) in [5.74, 6) is 0. The Morgan fingerprint density at radius 1 is 1.03 bits per heavy atom. The van der Waals surface area contributed by atoms with Crippen LogP contribution in [-0.2, 0) is 11.3 Å². The SMILES string of the molecule is Cc1cc(CN2CCOCC2)ccc1-c1cccc2ncc(-c3cnn(C4CCNCC4)c3)nc12. The van der Waals surface area contributed by atoms with Crippen molar-refractivity contribution < 1.29 is 4.74 Å². The third-order valence-corrected chi connectivity index (χ3v) is 7.24. The van der Waals surface area contributed by atoms with E-state index in [4.69, 9.17) is 14.7 Å². The molecule has 2 aromatic heterocycles. The van der Waals surface area contributed by atoms with E-state index in [2.05, 4.69) is 63.4 Å². The normalized spacial score (nSPS) is 17.7. The van der Waals surface area contributed by atoms with E-state index in [0.717, 1.165) is 86.6 Å². The molecule has 2 aromatic carbocycles. The predicted octanol–water partition coefficient (Wildman–Crippen LogP) is 4.23. The average molecular weight is 469 g/mol. The van der Waals surface area contributed by atoms with Gasteiger partial charge in [0.05, 0.1) is 48.4 Å². The van der Waals surface area contributed by atoms with Gasteiger partial charge in [-0.25, -0.2) is 4.98 Å². The Bertz CT molecular complexity index is 1320. The highest BCUT2D eigenvalue weighted by Crippen LogP contribution is 2.31. The molecule has 2 aliphatic heterocycles. The first-order chi connectivity index (χ1) is 17.2. The number of hydrogen-bond acceptors (Lipinski definition) is 6. The van der Waals surface area contributed by atoms with Crippen LogP contribution in [-0.4, -0.2) is 64.0 Å². The van der Waals surface area contributed by atoms with Crippen molar-refractivity contribution in [1.29, 1.82) is 0 Å². The fourth-order valence-corrected chi connectivity index (χ4v) is 5.27. The number of morpholine rings is 1. The summed E-state index contributed by atoms with van der Waals surface area (Å²) in [6.45, 7) is 8.89. The number of nitrogens with zero attached hydrogens (tertiary/aromatic N) is 5. The molecule has 4 heterocycles. The van der Waals surface area contributed by atoms with Gasteiger partial charge in [-0.05, 0) is 55.6 Å². The Balaban J connectivity index is 1.31. The lowest BCUT2D eigenvalue weighted by molar-refractivity contribution is 0.0342. The Labute approximate surface area is 206 Å². The number of aromatic nitrogens is 4. The van der Waals surface area contributed by atoms with Gasteiger partial charge < -0.3 is 10.1 Å². The van der Waals surface area contributed by atoms with Crippen LogP contribution in [0.5, 0.6) is 0 Å². The minimum absolute atomic E-state index is 0.451. The summed E-state index contributed by atoms with van der Waals surface area (Å²) in [7, 11) is 0. The van der Waals surface area contributed by atoms with Crippen LogP contribution < -0.4 is 5.32 Å². The van der Waals surface area contributed by atoms with Crippen LogP contribution in [0, 0.1) is 6.92 Å². The third-order valence-electron chi connectivity index (χ3n) is 7.24. The van der Waals surface area contributed by atoms with Gasteiger partial charge in [-0.1, -0.05) is 30.3 Å². The first-order valence-corrected chi connectivity index (χ1v) is 12.7. The van der Waals surface area contributed by atoms with Gasteiger partial charge in [0.25, 0.3) is 0 Å². The number of rotatable bonds is 5. The number of piperidine rings is 1. The molecule has 2 fully saturated rings. The molecule has 7 heteroatoms. The van der Waals surface area contributed by atoms with Gasteiger partial charge in [-0.3, -0.25) is 14.6 Å². The summed E-state index contributed by atoms with van der Waals surface area (Å²) in [6.07, 6.45) is 8.13. The molecule has 0 spiro atoms. The summed E-state index contributed by atoms with van der Waals surface area (Å²) in [6, 6.07) is 13.5. The molecule has 7 nitrogen and oxygen atoms in total. The first-order valence-electron chi connectivity index (χ1n) is 12.7. The Kier molecular flexibility index (Phi) is 6.29. The van der Waals surface area contributed by atoms with E-state index in [-0.39, 0.29) is 0 Å². The van der Waals surface area contributed by atoms with Crippen molar-refractivity contribution in [2.45, 2.75) is 32.4 Å². The number of benzene rings is 2. The molecular formula is C28H32N6O. The Hall–Kier alpha value is -3.13. The molecule has 2 aliphatic rings. The monoisotopic (exact) mass is 468 g/mol. The molecule has 2 saturated heterocycles. The fourth-order valence-electron chi connectivity index (χ4n) is 5.27. The zero-order valence-electron chi connectivity index (χ0n) is 20.3. The van der Waals surface area contributed by atoms with Crippen LogP contribution in [0.1, 0.15) is 30.0 Å². The van der Waals surface area contributed by atoms with Crippen LogP contribution in [0.2, 0.25) is 0 Å². The van der Waals surface area contributed by atoms with Gasteiger partial charge in [0.1, 0.15) is 0 Å². The Morgan fingerprint density at radius 3 is 2.71 bits per heavy atom. The van der Waals surface area contributed by atoms with Crippen molar-refractivity contribution in [2.24, 2.45) is 0 Å². The van der Waals surface area contributed by atoms with Crippen molar-refractivity contribution in [3.05, 3.63) is 66.1 Å². The molecule has 0 amide bonds. The van der Waals surface area contributed by atoms with Gasteiger partial charge in [0.2, 0.25) is 0 Å². The number of aryl methyl sites for hydroxylation is 1. The molecule has 180 valence electrons. The van der Waals surface area contributed by atoms with Crippen LogP contribution in [0.15, 0.2) is 55.0 Å². The molecular weight excluding hydrogens is 436 g/mol. The highest BCUT2D eigenvalue weighted by Gasteiger charge is 2.17. The maximum Gasteiger partial charge on any atom is 0.0972 e. The summed E-state index contributed by atoms with van der Waals surface area (Å²) in [4.78, 5) is 12.3. The van der Waals surface area contributed by atoms with Crippen molar-refractivity contribution in [3.8, 4) is 22.4 Å². The lowest BCUT2D eigenvalue weighted by Crippen LogP contribution is -2.35. The smallest absolute Gasteiger partial charge is 0.0972 e. The van der Waals surface area contributed by atoms with Crippen molar-refractivity contribution in [1.82, 2.24) is 30.0 Å². The van der Waals surface area contributed by atoms with E-state index in [1.165, 1.54) is 16.7 Å². The molecule has 0 unspecified atom stereocenters.